The van der Waals surface area contributed by atoms with Crippen LogP contribution in [0.15, 0.2) is 87.0 Å². The van der Waals surface area contributed by atoms with Gasteiger partial charge in [0.1, 0.15) is 0 Å². The van der Waals surface area contributed by atoms with Gasteiger partial charge in [-0.1, -0.05) is 65.4 Å². The molecule has 2 heterocycles. The zero-order chi connectivity index (χ0) is 29.1. The average molecular weight is 607 g/mol. The van der Waals surface area contributed by atoms with Crippen LogP contribution in [0.1, 0.15) is 29.7 Å². The second kappa shape index (κ2) is 12.4. The van der Waals surface area contributed by atoms with Gasteiger partial charge in [-0.25, -0.2) is 9.79 Å². The first kappa shape index (κ1) is 28.7. The maximum atomic E-state index is 14.1. The van der Waals surface area contributed by atoms with Crippen LogP contribution < -0.4 is 24.4 Å². The van der Waals surface area contributed by atoms with Crippen molar-refractivity contribution in [1.29, 1.82) is 0 Å². The predicted octanol–water partition coefficient (Wildman–Crippen LogP) is 5.33. The van der Waals surface area contributed by atoms with Crippen LogP contribution in [0.5, 0.6) is 11.5 Å². The Kier molecular flexibility index (Phi) is 8.68. The van der Waals surface area contributed by atoms with Crippen LogP contribution in [0, 0.1) is 0 Å². The van der Waals surface area contributed by atoms with E-state index in [1.54, 1.807) is 41.5 Å². The summed E-state index contributed by atoms with van der Waals surface area (Å²) >= 11 is 9.29. The minimum Gasteiger partial charge on any atom is -0.493 e. The van der Waals surface area contributed by atoms with Crippen molar-refractivity contribution in [2.45, 2.75) is 17.9 Å². The van der Waals surface area contributed by atoms with E-state index in [4.69, 9.17) is 30.8 Å². The lowest BCUT2D eigenvalue weighted by Crippen LogP contribution is -2.40. The third kappa shape index (κ3) is 5.57. The van der Waals surface area contributed by atoms with Crippen molar-refractivity contribution >= 4 is 52.4 Å². The quantitative estimate of drug-likeness (QED) is 0.199. The molecular formula is C31H27ClN2O5S2. The summed E-state index contributed by atoms with van der Waals surface area (Å²) in [7, 11) is 3.04. The molecule has 3 aromatic carbocycles. The average Bonchev–Trinajstić information content (AvgIpc) is 3.30. The Morgan fingerprint density at radius 3 is 2.46 bits per heavy atom. The highest BCUT2D eigenvalue weighted by Gasteiger charge is 2.35. The molecule has 0 amide bonds. The summed E-state index contributed by atoms with van der Waals surface area (Å²) in [6, 6.07) is 20.0. The topological polar surface area (TPSA) is 79.1 Å². The summed E-state index contributed by atoms with van der Waals surface area (Å²) in [5.41, 5.74) is 2.69. The number of hydrogen-bond donors (Lipinski definition) is 0. The van der Waals surface area contributed by atoms with Crippen molar-refractivity contribution in [3.8, 4) is 11.5 Å². The number of aromatic nitrogens is 1. The van der Waals surface area contributed by atoms with Crippen LogP contribution >= 0.6 is 34.7 Å². The molecule has 0 spiro atoms. The first-order chi connectivity index (χ1) is 19.9. The van der Waals surface area contributed by atoms with Crippen molar-refractivity contribution in [3.05, 3.63) is 114 Å². The second-order valence-electron chi connectivity index (χ2n) is 8.94. The molecule has 0 fully saturated rings. The lowest BCUT2D eigenvalue weighted by molar-refractivity contribution is -0.138. The number of hydrogen-bond acceptors (Lipinski definition) is 8. The zero-order valence-corrected chi connectivity index (χ0v) is 25.2. The van der Waals surface area contributed by atoms with Gasteiger partial charge in [0.2, 0.25) is 0 Å². The number of carbonyl (C=O) groups is 1. The molecule has 1 aliphatic rings. The number of thioether (sulfide) groups is 1. The first-order valence-electron chi connectivity index (χ1n) is 12.7. The van der Waals surface area contributed by atoms with Gasteiger partial charge in [0.05, 0.1) is 47.7 Å². The number of benzene rings is 3. The fourth-order valence-electron chi connectivity index (χ4n) is 4.71. The molecule has 0 aliphatic carbocycles. The van der Waals surface area contributed by atoms with E-state index in [1.807, 2.05) is 60.9 Å². The van der Waals surface area contributed by atoms with Gasteiger partial charge in [-0.2, -0.15) is 0 Å². The van der Waals surface area contributed by atoms with Crippen LogP contribution in [0.4, 0.5) is 0 Å². The molecule has 10 heteroatoms. The van der Waals surface area contributed by atoms with Gasteiger partial charge in [0, 0.05) is 10.5 Å². The van der Waals surface area contributed by atoms with E-state index >= 15 is 0 Å². The van der Waals surface area contributed by atoms with Crippen LogP contribution in [0.25, 0.3) is 11.8 Å². The molecule has 4 aromatic rings. The summed E-state index contributed by atoms with van der Waals surface area (Å²) in [6.45, 7) is 1.94. The van der Waals surface area contributed by atoms with Crippen LogP contribution in [-0.4, -0.2) is 37.6 Å². The molecule has 0 radical (unpaired) electrons. The molecule has 0 N–H and O–H groups in total. The SMILES string of the molecule is CCOC(=O)C1=C(c2ccccc2)N=c2s/c(=C\c3cc(Cl)c(OC)c(OC)c3)c(=O)n2[C@@H]1c1ccc(SC)cc1. The highest BCUT2D eigenvalue weighted by Crippen LogP contribution is 2.37. The number of nitrogens with zero attached hydrogens (tertiary/aromatic N) is 2. The minimum absolute atomic E-state index is 0.188. The monoisotopic (exact) mass is 606 g/mol. The third-order valence-electron chi connectivity index (χ3n) is 6.56. The fourth-order valence-corrected chi connectivity index (χ4v) is 6.42. The van der Waals surface area contributed by atoms with Crippen molar-refractivity contribution in [2.75, 3.05) is 27.1 Å². The van der Waals surface area contributed by atoms with Crippen LogP contribution in [0.3, 0.4) is 0 Å². The molecule has 1 aliphatic heterocycles. The summed E-state index contributed by atoms with van der Waals surface area (Å²) in [5, 5.41) is 0.355. The largest absolute Gasteiger partial charge is 0.493 e. The van der Waals surface area contributed by atoms with Crippen LogP contribution in [0.2, 0.25) is 5.02 Å². The van der Waals surface area contributed by atoms with Gasteiger partial charge in [-0.05, 0) is 54.6 Å². The normalized spacial score (nSPS) is 14.9. The van der Waals surface area contributed by atoms with E-state index in [9.17, 15) is 9.59 Å². The number of fused-ring (bicyclic) bond motifs is 1. The fraction of sp³-hybridized carbons (Fsp3) is 0.194. The maximum absolute atomic E-state index is 14.1. The highest BCUT2D eigenvalue weighted by atomic mass is 35.5. The van der Waals surface area contributed by atoms with E-state index < -0.39 is 12.0 Å². The summed E-state index contributed by atoms with van der Waals surface area (Å²) in [6.07, 6.45) is 3.73. The predicted molar refractivity (Wildman–Crippen MR) is 164 cm³/mol. The van der Waals surface area contributed by atoms with Crippen molar-refractivity contribution in [2.24, 2.45) is 4.99 Å². The molecular weight excluding hydrogens is 580 g/mol. The number of halogens is 1. The van der Waals surface area contributed by atoms with E-state index in [1.165, 1.54) is 25.6 Å². The number of carbonyl (C=O) groups excluding carboxylic acids is 1. The minimum atomic E-state index is -0.743. The molecule has 0 saturated heterocycles. The Labute approximate surface area is 250 Å². The lowest BCUT2D eigenvalue weighted by atomic mass is 9.93. The molecule has 7 nitrogen and oxygen atoms in total. The van der Waals surface area contributed by atoms with Crippen molar-refractivity contribution in [1.82, 2.24) is 4.57 Å². The van der Waals surface area contributed by atoms with E-state index in [-0.39, 0.29) is 12.2 Å². The van der Waals surface area contributed by atoms with Crippen molar-refractivity contribution < 1.29 is 19.0 Å². The molecule has 0 saturated carbocycles. The van der Waals surface area contributed by atoms with Gasteiger partial charge in [0.25, 0.3) is 5.56 Å². The second-order valence-corrected chi connectivity index (χ2v) is 11.2. The Morgan fingerprint density at radius 2 is 1.83 bits per heavy atom. The molecule has 0 unspecified atom stereocenters. The van der Waals surface area contributed by atoms with Gasteiger partial charge < -0.3 is 14.2 Å². The highest BCUT2D eigenvalue weighted by molar-refractivity contribution is 7.98. The number of ether oxygens (including phenoxy) is 3. The maximum Gasteiger partial charge on any atom is 0.338 e. The molecule has 0 bridgehead atoms. The molecule has 5 rings (SSSR count). The van der Waals surface area contributed by atoms with Crippen molar-refractivity contribution in [3.63, 3.8) is 0 Å². The number of methoxy groups -OCH3 is 2. The summed E-state index contributed by atoms with van der Waals surface area (Å²) < 4.78 is 18.3. The Balaban J connectivity index is 1.80. The van der Waals surface area contributed by atoms with Gasteiger partial charge in [-0.3, -0.25) is 9.36 Å². The third-order valence-corrected chi connectivity index (χ3v) is 8.57. The summed E-state index contributed by atoms with van der Waals surface area (Å²) in [5.74, 6) is 0.338. The number of esters is 1. The Morgan fingerprint density at radius 1 is 1.10 bits per heavy atom. The molecule has 1 atom stereocenters. The molecule has 1 aromatic heterocycles. The summed E-state index contributed by atoms with van der Waals surface area (Å²) in [4.78, 5) is 34.1. The lowest BCUT2D eigenvalue weighted by Gasteiger charge is -2.26. The van der Waals surface area contributed by atoms with Gasteiger partial charge >= 0.3 is 5.97 Å². The van der Waals surface area contributed by atoms with Gasteiger partial charge in [-0.15, -0.1) is 11.8 Å². The smallest absolute Gasteiger partial charge is 0.338 e. The van der Waals surface area contributed by atoms with E-state index in [0.717, 1.165) is 16.0 Å². The van der Waals surface area contributed by atoms with E-state index in [0.29, 0.717) is 42.7 Å². The first-order valence-corrected chi connectivity index (χ1v) is 15.2. The Hall–Kier alpha value is -3.79. The number of thiazole rings is 1. The standard InChI is InChI=1S/C31H27ClN2O5S2/c1-5-39-30(36)25-26(19-9-7-6-8-10-19)33-31-34(27(25)20-11-13-21(40-4)14-12-20)29(35)24(41-31)17-18-15-22(32)28(38-3)23(16-18)37-2/h6-17,27H,5H2,1-4H3/b24-17-/t27-/m1/s1. The van der Waals surface area contributed by atoms with E-state index in [2.05, 4.69) is 0 Å². The van der Waals surface area contributed by atoms with Crippen LogP contribution in [-0.2, 0) is 9.53 Å². The zero-order valence-electron chi connectivity index (χ0n) is 22.8. The van der Waals surface area contributed by atoms with Gasteiger partial charge in [0.15, 0.2) is 16.3 Å². The molecule has 41 heavy (non-hydrogen) atoms. The molecule has 210 valence electrons. The number of rotatable bonds is 8. The Bertz CT molecular complexity index is 1810.